The summed E-state index contributed by atoms with van der Waals surface area (Å²) in [5.41, 5.74) is 1.52. The predicted octanol–water partition coefficient (Wildman–Crippen LogP) is 4.66. The molecule has 1 N–H and O–H groups in total. The molecule has 0 aliphatic rings. The van der Waals surface area contributed by atoms with Crippen molar-refractivity contribution in [3.63, 3.8) is 0 Å². The van der Waals surface area contributed by atoms with Crippen LogP contribution in [0, 0.1) is 6.92 Å². The monoisotopic (exact) mass is 373 g/mol. The van der Waals surface area contributed by atoms with E-state index < -0.39 is 0 Å². The lowest BCUT2D eigenvalue weighted by atomic mass is 10.2. The summed E-state index contributed by atoms with van der Waals surface area (Å²) in [5.74, 6) is 0.473. The zero-order valence-corrected chi connectivity index (χ0v) is 14.2. The summed E-state index contributed by atoms with van der Waals surface area (Å²) in [6.07, 6.45) is 0.334. The maximum atomic E-state index is 12.0. The minimum Gasteiger partial charge on any atom is -0.495 e. The van der Waals surface area contributed by atoms with Gasteiger partial charge in [0.1, 0.15) is 5.75 Å². The van der Waals surface area contributed by atoms with Crippen molar-refractivity contribution >= 4 is 50.5 Å². The first-order valence-electron chi connectivity index (χ1n) is 5.88. The summed E-state index contributed by atoms with van der Waals surface area (Å²) in [5, 5.41) is 3.47. The van der Waals surface area contributed by atoms with E-state index in [4.69, 9.17) is 16.3 Å². The molecular weight excluding hydrogens is 362 g/mol. The summed E-state index contributed by atoms with van der Waals surface area (Å²) in [6.45, 7) is 1.88. The van der Waals surface area contributed by atoms with Crippen molar-refractivity contribution in [3.05, 3.63) is 43.5 Å². The molecule has 0 atom stereocenters. The molecule has 0 fully saturated rings. The Bertz CT molecular complexity index is 642. The minimum absolute atomic E-state index is 0.0839. The number of carbonyl (C=O) groups is 1. The fourth-order valence-electron chi connectivity index (χ4n) is 1.73. The van der Waals surface area contributed by atoms with E-state index in [0.29, 0.717) is 22.9 Å². The SMILES string of the molecule is COc1cc(Cl)c(C)cc1NC(=O)Cc1ccc(Br)s1. The molecule has 1 amide bonds. The predicted molar refractivity (Wildman–Crippen MR) is 87.1 cm³/mol. The van der Waals surface area contributed by atoms with Crippen LogP contribution in [0.4, 0.5) is 5.69 Å². The van der Waals surface area contributed by atoms with Gasteiger partial charge in [0.05, 0.1) is 23.0 Å². The Morgan fingerprint density at radius 2 is 2.20 bits per heavy atom. The van der Waals surface area contributed by atoms with Gasteiger partial charge in [0.25, 0.3) is 0 Å². The van der Waals surface area contributed by atoms with Gasteiger partial charge in [-0.1, -0.05) is 11.6 Å². The first-order valence-corrected chi connectivity index (χ1v) is 7.86. The van der Waals surface area contributed by atoms with Crippen LogP contribution in [0.2, 0.25) is 5.02 Å². The third-order valence-corrected chi connectivity index (χ3v) is 4.75. The van der Waals surface area contributed by atoms with Gasteiger partial charge >= 0.3 is 0 Å². The average molecular weight is 375 g/mol. The third kappa shape index (κ3) is 3.75. The van der Waals surface area contributed by atoms with Crippen LogP contribution in [0.25, 0.3) is 0 Å². The first-order chi connectivity index (χ1) is 9.49. The quantitative estimate of drug-likeness (QED) is 0.845. The van der Waals surface area contributed by atoms with E-state index in [0.717, 1.165) is 14.2 Å². The van der Waals surface area contributed by atoms with E-state index in [1.54, 1.807) is 24.5 Å². The number of ether oxygens (including phenoxy) is 1. The molecule has 2 aromatic rings. The van der Waals surface area contributed by atoms with Crippen LogP contribution in [0.1, 0.15) is 10.4 Å². The summed E-state index contributed by atoms with van der Waals surface area (Å²) < 4.78 is 6.25. The zero-order chi connectivity index (χ0) is 14.7. The van der Waals surface area contributed by atoms with Gasteiger partial charge in [0.2, 0.25) is 5.91 Å². The maximum absolute atomic E-state index is 12.0. The van der Waals surface area contributed by atoms with Crippen LogP contribution in [0.5, 0.6) is 5.75 Å². The largest absolute Gasteiger partial charge is 0.495 e. The molecule has 0 saturated carbocycles. The fourth-order valence-corrected chi connectivity index (χ4v) is 3.36. The van der Waals surface area contributed by atoms with Crippen molar-refractivity contribution in [1.29, 1.82) is 0 Å². The van der Waals surface area contributed by atoms with Crippen molar-refractivity contribution in [2.24, 2.45) is 0 Å². The molecule has 2 rings (SSSR count). The van der Waals surface area contributed by atoms with Crippen LogP contribution in [0.3, 0.4) is 0 Å². The number of hydrogen-bond acceptors (Lipinski definition) is 3. The molecule has 1 aromatic heterocycles. The second-order valence-corrected chi connectivity index (χ2v) is 7.19. The standard InChI is InChI=1S/C14H13BrClNO2S/c1-8-5-11(12(19-2)7-10(8)16)17-14(18)6-9-3-4-13(15)20-9/h3-5,7H,6H2,1-2H3,(H,17,18). The molecule has 20 heavy (non-hydrogen) atoms. The Hall–Kier alpha value is -1.04. The van der Waals surface area contributed by atoms with Gasteiger partial charge in [0, 0.05) is 16.0 Å². The van der Waals surface area contributed by atoms with E-state index in [9.17, 15) is 4.79 Å². The van der Waals surface area contributed by atoms with Gasteiger partial charge in [-0.2, -0.15) is 0 Å². The number of thiophene rings is 1. The van der Waals surface area contributed by atoms with Gasteiger partial charge in [-0.25, -0.2) is 0 Å². The lowest BCUT2D eigenvalue weighted by molar-refractivity contribution is -0.115. The number of nitrogens with one attached hydrogen (secondary N) is 1. The maximum Gasteiger partial charge on any atom is 0.229 e. The molecule has 0 spiro atoms. The molecule has 0 bridgehead atoms. The van der Waals surface area contributed by atoms with Crippen molar-refractivity contribution in [1.82, 2.24) is 0 Å². The minimum atomic E-state index is -0.0839. The normalized spacial score (nSPS) is 10.4. The fraction of sp³-hybridized carbons (Fsp3) is 0.214. The van der Waals surface area contributed by atoms with Crippen molar-refractivity contribution < 1.29 is 9.53 Å². The molecule has 0 aliphatic carbocycles. The number of aryl methyl sites for hydroxylation is 1. The van der Waals surface area contributed by atoms with Crippen LogP contribution >= 0.6 is 38.9 Å². The Balaban J connectivity index is 2.13. The van der Waals surface area contributed by atoms with Crippen LogP contribution in [-0.4, -0.2) is 13.0 Å². The lowest BCUT2D eigenvalue weighted by Gasteiger charge is -2.12. The van der Waals surface area contributed by atoms with E-state index in [1.165, 1.54) is 0 Å². The second kappa shape index (κ2) is 6.61. The smallest absolute Gasteiger partial charge is 0.229 e. The van der Waals surface area contributed by atoms with Crippen LogP contribution < -0.4 is 10.1 Å². The van der Waals surface area contributed by atoms with Gasteiger partial charge in [-0.05, 0) is 46.6 Å². The lowest BCUT2D eigenvalue weighted by Crippen LogP contribution is -2.14. The number of amides is 1. The molecule has 0 unspecified atom stereocenters. The van der Waals surface area contributed by atoms with E-state index in [-0.39, 0.29) is 5.91 Å². The number of methoxy groups -OCH3 is 1. The number of anilines is 1. The Labute approximate surface area is 135 Å². The summed E-state index contributed by atoms with van der Waals surface area (Å²) >= 11 is 11.0. The number of rotatable bonds is 4. The first kappa shape index (κ1) is 15.4. The molecule has 106 valence electrons. The topological polar surface area (TPSA) is 38.3 Å². The number of benzene rings is 1. The molecule has 6 heteroatoms. The number of carbonyl (C=O) groups excluding carboxylic acids is 1. The molecule has 1 heterocycles. The summed E-state index contributed by atoms with van der Waals surface area (Å²) in [6, 6.07) is 7.37. The molecule has 1 aromatic carbocycles. The van der Waals surface area contributed by atoms with Gasteiger partial charge < -0.3 is 10.1 Å². The van der Waals surface area contributed by atoms with Gasteiger partial charge in [-0.3, -0.25) is 4.79 Å². The number of halogens is 2. The van der Waals surface area contributed by atoms with Crippen LogP contribution in [-0.2, 0) is 11.2 Å². The molecular formula is C14H13BrClNO2S. The average Bonchev–Trinajstić information content (AvgIpc) is 2.78. The third-order valence-electron chi connectivity index (χ3n) is 2.72. The second-order valence-electron chi connectivity index (χ2n) is 4.23. The molecule has 0 aliphatic heterocycles. The van der Waals surface area contributed by atoms with Gasteiger partial charge in [0.15, 0.2) is 0 Å². The van der Waals surface area contributed by atoms with Crippen molar-refractivity contribution in [3.8, 4) is 5.75 Å². The summed E-state index contributed by atoms with van der Waals surface area (Å²) in [4.78, 5) is 13.0. The highest BCUT2D eigenvalue weighted by Crippen LogP contribution is 2.31. The highest BCUT2D eigenvalue weighted by atomic mass is 79.9. The molecule has 3 nitrogen and oxygen atoms in total. The van der Waals surface area contributed by atoms with Crippen molar-refractivity contribution in [2.45, 2.75) is 13.3 Å². The molecule has 0 saturated heterocycles. The Kier molecular flexibility index (Phi) is 5.07. The van der Waals surface area contributed by atoms with E-state index >= 15 is 0 Å². The zero-order valence-electron chi connectivity index (χ0n) is 11.0. The number of hydrogen-bond donors (Lipinski definition) is 1. The Morgan fingerprint density at radius 3 is 2.80 bits per heavy atom. The van der Waals surface area contributed by atoms with E-state index in [2.05, 4.69) is 21.2 Å². The summed E-state index contributed by atoms with van der Waals surface area (Å²) in [7, 11) is 1.55. The highest BCUT2D eigenvalue weighted by molar-refractivity contribution is 9.11. The van der Waals surface area contributed by atoms with Crippen molar-refractivity contribution in [2.75, 3.05) is 12.4 Å². The molecule has 0 radical (unpaired) electrons. The Morgan fingerprint density at radius 1 is 1.45 bits per heavy atom. The van der Waals surface area contributed by atoms with E-state index in [1.807, 2.05) is 25.1 Å². The van der Waals surface area contributed by atoms with Gasteiger partial charge in [-0.15, -0.1) is 11.3 Å². The van der Waals surface area contributed by atoms with Crippen LogP contribution in [0.15, 0.2) is 28.1 Å². The highest BCUT2D eigenvalue weighted by Gasteiger charge is 2.11.